The molecular formula is C74H127NO8. The minimum absolute atomic E-state index is 0.144. The lowest BCUT2D eigenvalue weighted by atomic mass is 10.0. The van der Waals surface area contributed by atoms with E-state index < -0.39 is 24.3 Å². The molecule has 0 aromatic heterocycles. The van der Waals surface area contributed by atoms with Crippen molar-refractivity contribution in [2.45, 2.75) is 296 Å². The van der Waals surface area contributed by atoms with Crippen molar-refractivity contribution in [2.75, 3.05) is 47.5 Å². The van der Waals surface area contributed by atoms with E-state index in [1.807, 2.05) is 21.1 Å². The number of esters is 2. The maximum Gasteiger partial charge on any atom is 0.306 e. The van der Waals surface area contributed by atoms with Crippen molar-refractivity contribution in [1.29, 1.82) is 0 Å². The predicted molar refractivity (Wildman–Crippen MR) is 352 cm³/mol. The van der Waals surface area contributed by atoms with E-state index in [1.54, 1.807) is 0 Å². The Balaban J connectivity index is 4.13. The molecule has 0 rings (SSSR count). The van der Waals surface area contributed by atoms with Gasteiger partial charge in [-0.15, -0.1) is 0 Å². The minimum atomic E-state index is -1.63. The average molecular weight is 1160 g/mol. The summed E-state index contributed by atoms with van der Waals surface area (Å²) in [7, 11) is 5.93. The third-order valence-electron chi connectivity index (χ3n) is 14.5. The number of quaternary nitrogens is 1. The first-order valence-corrected chi connectivity index (χ1v) is 34.0. The largest absolute Gasteiger partial charge is 0.545 e. The summed E-state index contributed by atoms with van der Waals surface area (Å²) in [5.74, 6) is -2.28. The molecule has 0 N–H and O–H groups in total. The van der Waals surface area contributed by atoms with Gasteiger partial charge in [0.15, 0.2) is 12.4 Å². The third kappa shape index (κ3) is 65.3. The number of nitrogens with zero attached hydrogens (tertiary/aromatic N) is 1. The highest BCUT2D eigenvalue weighted by atomic mass is 16.7. The van der Waals surface area contributed by atoms with Gasteiger partial charge in [0.05, 0.1) is 40.3 Å². The number of ether oxygens (including phenoxy) is 4. The second kappa shape index (κ2) is 64.0. The standard InChI is InChI=1S/C74H127NO8/c1-6-8-10-12-14-16-18-20-22-24-26-28-30-32-34-35-36-37-39-40-42-44-46-48-50-52-54-56-58-60-62-64-71(76)81-68-70(69-82-74(73(78)79)80-67-66-75(3,4)5)83-72(77)65-63-61-59-57-55-53-51-49-47-45-43-41-38-33-31-29-27-25-23-21-19-17-15-13-11-9-7-2/h8-11,14-17,20-23,26-29,33,38,70,74H,6-7,12-13,18-19,24-25,30-32,34-37,39-69H2,1-5H3/b10-8-,11-9-,16-14-,17-15-,22-20-,23-21-,28-26-,29-27-,38-33-. The van der Waals surface area contributed by atoms with Crippen LogP contribution in [0, 0.1) is 0 Å². The van der Waals surface area contributed by atoms with Gasteiger partial charge in [-0.2, -0.15) is 0 Å². The summed E-state index contributed by atoms with van der Waals surface area (Å²) >= 11 is 0. The quantitative estimate of drug-likeness (QED) is 0.0195. The molecule has 0 aromatic rings. The molecule has 0 aliphatic heterocycles. The van der Waals surface area contributed by atoms with Crippen molar-refractivity contribution in [3.63, 3.8) is 0 Å². The Kier molecular flexibility index (Phi) is 60.8. The molecule has 2 unspecified atom stereocenters. The summed E-state index contributed by atoms with van der Waals surface area (Å²) < 4.78 is 22.8. The van der Waals surface area contributed by atoms with Gasteiger partial charge in [-0.25, -0.2) is 0 Å². The number of aliphatic carboxylic acids is 1. The number of carbonyl (C=O) groups is 3. The summed E-state index contributed by atoms with van der Waals surface area (Å²) in [4.78, 5) is 37.5. The molecule has 0 fully saturated rings. The summed E-state index contributed by atoms with van der Waals surface area (Å²) in [6.45, 7) is 4.54. The lowest BCUT2D eigenvalue weighted by Crippen LogP contribution is -2.44. The van der Waals surface area contributed by atoms with E-state index in [0.717, 1.165) is 103 Å². The number of hydrogen-bond acceptors (Lipinski definition) is 8. The summed E-state index contributed by atoms with van der Waals surface area (Å²) in [5.41, 5.74) is 0. The molecule has 9 heteroatoms. The molecule has 0 bridgehead atoms. The topological polar surface area (TPSA) is 111 Å². The summed E-state index contributed by atoms with van der Waals surface area (Å²) in [6, 6.07) is 0. The van der Waals surface area contributed by atoms with E-state index >= 15 is 0 Å². The Morgan fingerprint density at radius 1 is 0.361 bits per heavy atom. The molecule has 0 saturated heterocycles. The minimum Gasteiger partial charge on any atom is -0.545 e. The predicted octanol–water partition coefficient (Wildman–Crippen LogP) is 19.7. The van der Waals surface area contributed by atoms with E-state index in [9.17, 15) is 19.5 Å². The van der Waals surface area contributed by atoms with E-state index in [2.05, 4.69) is 123 Å². The maximum atomic E-state index is 12.9. The van der Waals surface area contributed by atoms with Crippen LogP contribution >= 0.6 is 0 Å². The van der Waals surface area contributed by atoms with Gasteiger partial charge < -0.3 is 33.3 Å². The van der Waals surface area contributed by atoms with Gasteiger partial charge in [0, 0.05) is 12.8 Å². The van der Waals surface area contributed by atoms with Gasteiger partial charge in [0.25, 0.3) is 0 Å². The van der Waals surface area contributed by atoms with Crippen LogP contribution < -0.4 is 5.11 Å². The van der Waals surface area contributed by atoms with Gasteiger partial charge in [-0.3, -0.25) is 9.59 Å². The Morgan fingerprint density at radius 2 is 0.651 bits per heavy atom. The third-order valence-corrected chi connectivity index (χ3v) is 14.5. The fourth-order valence-electron chi connectivity index (χ4n) is 9.38. The van der Waals surface area contributed by atoms with Crippen LogP contribution in [0.25, 0.3) is 0 Å². The van der Waals surface area contributed by atoms with Crippen LogP contribution in [0.3, 0.4) is 0 Å². The first-order chi connectivity index (χ1) is 40.6. The SMILES string of the molecule is CC/C=C\C/C=C\C/C=C\C/C=C\C/C=C\CCCCCCCCCCCCCC(=O)OC(COC(=O)CCCCCCCCCCCCCCCCCCCC/C=C\C/C=C\C/C=C\C/C=C\CC)COC(OCC[N+](C)(C)C)C(=O)[O-]. The van der Waals surface area contributed by atoms with Gasteiger partial charge in [0.2, 0.25) is 0 Å². The van der Waals surface area contributed by atoms with Crippen LogP contribution in [-0.2, 0) is 33.3 Å². The van der Waals surface area contributed by atoms with Crippen molar-refractivity contribution in [2.24, 2.45) is 0 Å². The molecule has 0 aliphatic rings. The first-order valence-electron chi connectivity index (χ1n) is 34.0. The number of carboxylic acids is 1. The van der Waals surface area contributed by atoms with Gasteiger partial charge in [-0.1, -0.05) is 284 Å². The highest BCUT2D eigenvalue weighted by molar-refractivity contribution is 5.70. The Morgan fingerprint density at radius 3 is 0.964 bits per heavy atom. The molecule has 0 amide bonds. The van der Waals surface area contributed by atoms with Crippen molar-refractivity contribution in [3.05, 3.63) is 109 Å². The Labute approximate surface area is 511 Å². The number of rotatable bonds is 62. The van der Waals surface area contributed by atoms with E-state index in [-0.39, 0.29) is 38.6 Å². The second-order valence-electron chi connectivity index (χ2n) is 23.7. The van der Waals surface area contributed by atoms with Crippen LogP contribution in [0.4, 0.5) is 0 Å². The molecule has 0 radical (unpaired) electrons. The van der Waals surface area contributed by atoms with Gasteiger partial charge in [0.1, 0.15) is 13.2 Å². The molecule has 0 spiro atoms. The van der Waals surface area contributed by atoms with E-state index in [1.165, 1.54) is 148 Å². The maximum absolute atomic E-state index is 12.9. The highest BCUT2D eigenvalue weighted by Crippen LogP contribution is 2.17. The van der Waals surface area contributed by atoms with Gasteiger partial charge >= 0.3 is 11.9 Å². The normalized spacial score (nSPS) is 13.4. The molecule has 9 nitrogen and oxygen atoms in total. The summed E-state index contributed by atoms with van der Waals surface area (Å²) in [6.07, 6.45) is 85.9. The van der Waals surface area contributed by atoms with E-state index in [4.69, 9.17) is 18.9 Å². The molecule has 83 heavy (non-hydrogen) atoms. The zero-order chi connectivity index (χ0) is 60.5. The average Bonchev–Trinajstić information content (AvgIpc) is 3.46. The number of unbranched alkanes of at least 4 members (excludes halogenated alkanes) is 29. The van der Waals surface area contributed by atoms with Crippen LogP contribution in [0.15, 0.2) is 109 Å². The monoisotopic (exact) mass is 1160 g/mol. The zero-order valence-corrected chi connectivity index (χ0v) is 54.3. The Bertz CT molecular complexity index is 1730. The van der Waals surface area contributed by atoms with Crippen molar-refractivity contribution in [3.8, 4) is 0 Å². The molecule has 0 saturated carbocycles. The van der Waals surface area contributed by atoms with Crippen molar-refractivity contribution in [1.82, 2.24) is 0 Å². The molecule has 476 valence electrons. The number of likely N-dealkylation sites (N-methyl/N-ethyl adjacent to an activating group) is 1. The number of hydrogen-bond donors (Lipinski definition) is 0. The summed E-state index contributed by atoms with van der Waals surface area (Å²) in [5, 5.41) is 11.8. The van der Waals surface area contributed by atoms with Crippen molar-refractivity contribution < 1.29 is 42.9 Å². The first kappa shape index (κ1) is 79.0. The van der Waals surface area contributed by atoms with E-state index in [0.29, 0.717) is 17.4 Å². The number of carboxylic acid groups (broad SMARTS) is 1. The highest BCUT2D eigenvalue weighted by Gasteiger charge is 2.22. The fraction of sp³-hybridized carbons (Fsp3) is 0.716. The lowest BCUT2D eigenvalue weighted by molar-refractivity contribution is -0.870. The second-order valence-corrected chi connectivity index (χ2v) is 23.7. The number of allylic oxidation sites excluding steroid dienone is 18. The molecule has 0 heterocycles. The molecule has 0 aliphatic carbocycles. The molecule has 0 aromatic carbocycles. The van der Waals surface area contributed by atoms with Crippen LogP contribution in [0.1, 0.15) is 284 Å². The lowest BCUT2D eigenvalue weighted by Gasteiger charge is -2.26. The molecule has 2 atom stereocenters. The van der Waals surface area contributed by atoms with Crippen LogP contribution in [0.2, 0.25) is 0 Å². The number of carbonyl (C=O) groups excluding carboxylic acids is 3. The zero-order valence-electron chi connectivity index (χ0n) is 54.3. The smallest absolute Gasteiger partial charge is 0.306 e. The van der Waals surface area contributed by atoms with Gasteiger partial charge in [-0.05, 0) is 96.3 Å². The Hall–Kier alpha value is -4.05. The fourth-order valence-corrected chi connectivity index (χ4v) is 9.38. The van der Waals surface area contributed by atoms with Crippen LogP contribution in [-0.4, -0.2) is 82.3 Å². The van der Waals surface area contributed by atoms with Crippen LogP contribution in [0.5, 0.6) is 0 Å². The van der Waals surface area contributed by atoms with Crippen molar-refractivity contribution >= 4 is 17.9 Å². The molecular weight excluding hydrogens is 1030 g/mol.